The SMILES string of the molecule is COCc1cc(=O)n(-c2nc(C)cc(C)n2)[nH]1. The summed E-state index contributed by atoms with van der Waals surface area (Å²) in [6.45, 7) is 4.08. The molecule has 0 bridgehead atoms. The van der Waals surface area contributed by atoms with Crippen molar-refractivity contribution in [2.45, 2.75) is 20.5 Å². The molecule has 6 heteroatoms. The molecule has 0 saturated heterocycles. The first-order valence-corrected chi connectivity index (χ1v) is 5.22. The average molecular weight is 234 g/mol. The van der Waals surface area contributed by atoms with E-state index in [2.05, 4.69) is 15.1 Å². The number of aromatic nitrogens is 4. The summed E-state index contributed by atoms with van der Waals surface area (Å²) in [5, 5.41) is 2.91. The third kappa shape index (κ3) is 2.42. The Bertz CT molecular complexity index is 565. The van der Waals surface area contributed by atoms with Crippen LogP contribution in [0.1, 0.15) is 17.1 Å². The van der Waals surface area contributed by atoms with Crippen molar-refractivity contribution in [3.05, 3.63) is 39.6 Å². The lowest BCUT2D eigenvalue weighted by atomic mass is 10.4. The second kappa shape index (κ2) is 4.50. The van der Waals surface area contributed by atoms with Crippen LogP contribution in [0.2, 0.25) is 0 Å². The van der Waals surface area contributed by atoms with E-state index in [9.17, 15) is 4.79 Å². The molecule has 0 spiro atoms. The molecule has 0 aliphatic carbocycles. The highest BCUT2D eigenvalue weighted by molar-refractivity contribution is 5.18. The van der Waals surface area contributed by atoms with E-state index in [-0.39, 0.29) is 5.56 Å². The maximum atomic E-state index is 11.7. The minimum Gasteiger partial charge on any atom is -0.378 e. The molecule has 0 radical (unpaired) electrons. The first-order chi connectivity index (χ1) is 8.10. The molecule has 0 amide bonds. The summed E-state index contributed by atoms with van der Waals surface area (Å²) in [4.78, 5) is 20.2. The van der Waals surface area contributed by atoms with Crippen LogP contribution in [0.5, 0.6) is 0 Å². The highest BCUT2D eigenvalue weighted by atomic mass is 16.5. The van der Waals surface area contributed by atoms with Crippen LogP contribution in [0, 0.1) is 13.8 Å². The van der Waals surface area contributed by atoms with Crippen molar-refractivity contribution in [3.63, 3.8) is 0 Å². The lowest BCUT2D eigenvalue weighted by Crippen LogP contribution is -2.17. The molecule has 6 nitrogen and oxygen atoms in total. The van der Waals surface area contributed by atoms with Gasteiger partial charge >= 0.3 is 0 Å². The molecule has 2 aromatic heterocycles. The van der Waals surface area contributed by atoms with Crippen molar-refractivity contribution >= 4 is 0 Å². The van der Waals surface area contributed by atoms with E-state index in [4.69, 9.17) is 4.74 Å². The number of ether oxygens (including phenoxy) is 1. The molecule has 0 saturated carbocycles. The number of hydrogen-bond donors (Lipinski definition) is 1. The lowest BCUT2D eigenvalue weighted by molar-refractivity contribution is 0.181. The normalized spacial score (nSPS) is 10.8. The molecule has 0 fully saturated rings. The highest BCUT2D eigenvalue weighted by Crippen LogP contribution is 2.03. The monoisotopic (exact) mass is 234 g/mol. The van der Waals surface area contributed by atoms with Gasteiger partial charge in [0, 0.05) is 24.6 Å². The van der Waals surface area contributed by atoms with E-state index in [0.717, 1.165) is 11.4 Å². The zero-order valence-corrected chi connectivity index (χ0v) is 10.0. The summed E-state index contributed by atoms with van der Waals surface area (Å²) in [5.74, 6) is 0.356. The van der Waals surface area contributed by atoms with Crippen LogP contribution in [0.25, 0.3) is 5.95 Å². The van der Waals surface area contributed by atoms with Crippen LogP contribution < -0.4 is 5.56 Å². The second-order valence-electron chi connectivity index (χ2n) is 3.84. The van der Waals surface area contributed by atoms with Crippen molar-refractivity contribution in [1.82, 2.24) is 19.7 Å². The topological polar surface area (TPSA) is 72.8 Å². The Morgan fingerprint density at radius 1 is 1.29 bits per heavy atom. The smallest absolute Gasteiger partial charge is 0.274 e. The molecule has 0 aliphatic rings. The van der Waals surface area contributed by atoms with Crippen LogP contribution in [0.15, 0.2) is 16.9 Å². The Morgan fingerprint density at radius 2 is 1.94 bits per heavy atom. The standard InChI is InChI=1S/C11H14N4O2/c1-7-4-8(2)13-11(12-7)15-10(16)5-9(14-15)6-17-3/h4-5,14H,6H2,1-3H3. The summed E-state index contributed by atoms with van der Waals surface area (Å²) in [7, 11) is 1.57. The lowest BCUT2D eigenvalue weighted by Gasteiger charge is -2.02. The van der Waals surface area contributed by atoms with Gasteiger partial charge < -0.3 is 4.74 Å². The first kappa shape index (κ1) is 11.5. The van der Waals surface area contributed by atoms with Crippen LogP contribution >= 0.6 is 0 Å². The van der Waals surface area contributed by atoms with Gasteiger partial charge in [-0.15, -0.1) is 0 Å². The summed E-state index contributed by atoms with van der Waals surface area (Å²) in [6, 6.07) is 3.33. The number of nitrogens with one attached hydrogen (secondary N) is 1. The largest absolute Gasteiger partial charge is 0.378 e. The van der Waals surface area contributed by atoms with E-state index >= 15 is 0 Å². The number of nitrogens with zero attached hydrogens (tertiary/aromatic N) is 3. The molecule has 0 aromatic carbocycles. The molecule has 0 aliphatic heterocycles. The zero-order valence-electron chi connectivity index (χ0n) is 10.0. The Kier molecular flexibility index (Phi) is 3.06. The third-order valence-corrected chi connectivity index (χ3v) is 2.24. The van der Waals surface area contributed by atoms with Gasteiger partial charge in [0.25, 0.3) is 11.5 Å². The molecule has 17 heavy (non-hydrogen) atoms. The molecule has 90 valence electrons. The number of methoxy groups -OCH3 is 1. The number of H-pyrrole nitrogens is 1. The average Bonchev–Trinajstić information content (AvgIpc) is 2.58. The van der Waals surface area contributed by atoms with Gasteiger partial charge in [0.2, 0.25) is 0 Å². The van der Waals surface area contributed by atoms with Gasteiger partial charge in [0.15, 0.2) is 0 Å². The predicted octanol–water partition coefficient (Wildman–Crippen LogP) is 0.719. The van der Waals surface area contributed by atoms with Gasteiger partial charge in [0.05, 0.1) is 12.3 Å². The molecular formula is C11H14N4O2. The maximum absolute atomic E-state index is 11.7. The summed E-state index contributed by atoms with van der Waals surface area (Å²) < 4.78 is 6.27. The molecule has 2 rings (SSSR count). The van der Waals surface area contributed by atoms with Gasteiger partial charge in [0.1, 0.15) is 0 Å². The minimum absolute atomic E-state index is 0.193. The minimum atomic E-state index is -0.193. The summed E-state index contributed by atoms with van der Waals surface area (Å²) >= 11 is 0. The van der Waals surface area contributed by atoms with Crippen LogP contribution in [0.4, 0.5) is 0 Å². The van der Waals surface area contributed by atoms with E-state index in [0.29, 0.717) is 18.2 Å². The van der Waals surface area contributed by atoms with E-state index in [1.165, 1.54) is 10.7 Å². The van der Waals surface area contributed by atoms with Crippen molar-refractivity contribution < 1.29 is 4.74 Å². The van der Waals surface area contributed by atoms with E-state index in [1.54, 1.807) is 7.11 Å². The van der Waals surface area contributed by atoms with Crippen molar-refractivity contribution in [2.75, 3.05) is 7.11 Å². The van der Waals surface area contributed by atoms with Crippen LogP contribution in [0.3, 0.4) is 0 Å². The van der Waals surface area contributed by atoms with Crippen molar-refractivity contribution in [1.29, 1.82) is 0 Å². The number of aryl methyl sites for hydroxylation is 2. The first-order valence-electron chi connectivity index (χ1n) is 5.22. The Morgan fingerprint density at radius 3 is 2.53 bits per heavy atom. The highest BCUT2D eigenvalue weighted by Gasteiger charge is 2.08. The van der Waals surface area contributed by atoms with Gasteiger partial charge in [-0.2, -0.15) is 4.68 Å². The second-order valence-corrected chi connectivity index (χ2v) is 3.84. The molecule has 0 unspecified atom stereocenters. The Balaban J connectivity index is 2.48. The molecule has 1 N–H and O–H groups in total. The number of rotatable bonds is 3. The molecule has 2 heterocycles. The predicted molar refractivity (Wildman–Crippen MR) is 62.2 cm³/mol. The molecule has 2 aromatic rings. The molecule has 0 atom stereocenters. The third-order valence-electron chi connectivity index (χ3n) is 2.24. The van der Waals surface area contributed by atoms with Crippen LogP contribution in [-0.2, 0) is 11.3 Å². The fourth-order valence-electron chi connectivity index (χ4n) is 1.63. The van der Waals surface area contributed by atoms with Crippen molar-refractivity contribution in [3.8, 4) is 5.95 Å². The number of aromatic amines is 1. The van der Waals surface area contributed by atoms with Gasteiger partial charge in [-0.1, -0.05) is 0 Å². The summed E-state index contributed by atoms with van der Waals surface area (Å²) in [6.07, 6.45) is 0. The fraction of sp³-hybridized carbons (Fsp3) is 0.364. The Hall–Kier alpha value is -1.95. The quantitative estimate of drug-likeness (QED) is 0.849. The summed E-state index contributed by atoms with van der Waals surface area (Å²) in [5.41, 5.74) is 2.15. The van der Waals surface area contributed by atoms with Gasteiger partial charge in [-0.3, -0.25) is 9.89 Å². The maximum Gasteiger partial charge on any atom is 0.274 e. The van der Waals surface area contributed by atoms with Crippen molar-refractivity contribution in [2.24, 2.45) is 0 Å². The van der Waals surface area contributed by atoms with E-state index in [1.807, 2.05) is 19.9 Å². The zero-order chi connectivity index (χ0) is 12.4. The van der Waals surface area contributed by atoms with Gasteiger partial charge in [-0.05, 0) is 19.9 Å². The van der Waals surface area contributed by atoms with Crippen LogP contribution in [-0.4, -0.2) is 26.9 Å². The fourth-order valence-corrected chi connectivity index (χ4v) is 1.63. The Labute approximate surface area is 98.3 Å². The van der Waals surface area contributed by atoms with Gasteiger partial charge in [-0.25, -0.2) is 9.97 Å². The number of hydrogen-bond acceptors (Lipinski definition) is 4. The van der Waals surface area contributed by atoms with E-state index < -0.39 is 0 Å². The molecular weight excluding hydrogens is 220 g/mol.